The average Bonchev–Trinajstić information content (AvgIpc) is 2.21. The first kappa shape index (κ1) is 10.5. The molecule has 0 unspecified atom stereocenters. The van der Waals surface area contributed by atoms with Crippen LogP contribution in [0.5, 0.6) is 5.75 Å². The minimum absolute atomic E-state index is 0.136. The molecule has 0 heterocycles. The normalized spacial score (nSPS) is 8.86. The van der Waals surface area contributed by atoms with E-state index in [-0.39, 0.29) is 4.99 Å². The molecule has 0 aliphatic rings. The van der Waals surface area contributed by atoms with Crippen LogP contribution >= 0.6 is 12.2 Å². The summed E-state index contributed by atoms with van der Waals surface area (Å²) < 4.78 is 5.35. The second-order valence-corrected chi connectivity index (χ2v) is 2.90. The number of benzene rings is 1. The van der Waals surface area contributed by atoms with Crippen LogP contribution in [0.2, 0.25) is 0 Å². The molecule has 1 aromatic rings. The molecule has 0 atom stereocenters. The van der Waals surface area contributed by atoms with Crippen molar-refractivity contribution in [3.8, 4) is 11.8 Å². The molecule has 1 rings (SSSR count). The Morgan fingerprint density at radius 2 is 2.29 bits per heavy atom. The van der Waals surface area contributed by atoms with Crippen LogP contribution in [0, 0.1) is 11.3 Å². The molecule has 72 valence electrons. The van der Waals surface area contributed by atoms with Crippen LogP contribution < -0.4 is 10.1 Å². The Labute approximate surface area is 88.3 Å². The van der Waals surface area contributed by atoms with Crippen LogP contribution in [0.15, 0.2) is 24.3 Å². The Kier molecular flexibility index (Phi) is 3.89. The molecule has 0 radical (unpaired) electrons. The van der Waals surface area contributed by atoms with Gasteiger partial charge in [-0.3, -0.25) is 0 Å². The van der Waals surface area contributed by atoms with E-state index in [4.69, 9.17) is 22.2 Å². The SMILES string of the molecule is CCOc1ccccc1NC(=S)C#N. The van der Waals surface area contributed by atoms with Gasteiger partial charge in [-0.2, -0.15) is 5.26 Å². The van der Waals surface area contributed by atoms with E-state index in [0.29, 0.717) is 12.4 Å². The highest BCUT2D eigenvalue weighted by Gasteiger charge is 2.02. The van der Waals surface area contributed by atoms with Crippen molar-refractivity contribution >= 4 is 22.9 Å². The summed E-state index contributed by atoms with van der Waals surface area (Å²) in [7, 11) is 0. The van der Waals surface area contributed by atoms with Crippen molar-refractivity contribution in [1.82, 2.24) is 0 Å². The van der Waals surface area contributed by atoms with Gasteiger partial charge in [-0.05, 0) is 31.3 Å². The molecule has 1 N–H and O–H groups in total. The minimum Gasteiger partial charge on any atom is -0.492 e. The first-order valence-electron chi connectivity index (χ1n) is 4.20. The van der Waals surface area contributed by atoms with Crippen molar-refractivity contribution in [1.29, 1.82) is 5.26 Å². The Morgan fingerprint density at radius 3 is 2.93 bits per heavy atom. The maximum atomic E-state index is 8.52. The van der Waals surface area contributed by atoms with E-state index in [1.807, 2.05) is 37.3 Å². The number of nitrogens with one attached hydrogen (secondary N) is 1. The molecule has 14 heavy (non-hydrogen) atoms. The molecule has 0 aliphatic carbocycles. The number of nitriles is 1. The summed E-state index contributed by atoms with van der Waals surface area (Å²) in [5.74, 6) is 0.701. The van der Waals surface area contributed by atoms with Crippen molar-refractivity contribution in [2.45, 2.75) is 6.92 Å². The lowest BCUT2D eigenvalue weighted by Crippen LogP contribution is -2.07. The maximum absolute atomic E-state index is 8.52. The lowest BCUT2D eigenvalue weighted by molar-refractivity contribution is 0.342. The van der Waals surface area contributed by atoms with Gasteiger partial charge in [0.15, 0.2) is 4.99 Å². The molecule has 0 aliphatic heterocycles. The fourth-order valence-corrected chi connectivity index (χ4v) is 1.11. The van der Waals surface area contributed by atoms with Crippen molar-refractivity contribution in [3.05, 3.63) is 24.3 Å². The zero-order valence-electron chi connectivity index (χ0n) is 7.78. The van der Waals surface area contributed by atoms with E-state index >= 15 is 0 Å². The minimum atomic E-state index is 0.136. The number of thiocarbonyl (C=S) groups is 1. The molecular formula is C10H10N2OS. The summed E-state index contributed by atoms with van der Waals surface area (Å²) in [5.41, 5.74) is 0.723. The third-order valence-corrected chi connectivity index (χ3v) is 1.73. The van der Waals surface area contributed by atoms with E-state index in [0.717, 1.165) is 5.69 Å². The summed E-state index contributed by atoms with van der Waals surface area (Å²) in [4.78, 5) is 0.136. The summed E-state index contributed by atoms with van der Waals surface area (Å²) in [5, 5.41) is 11.3. The summed E-state index contributed by atoms with van der Waals surface area (Å²) >= 11 is 4.75. The number of rotatable bonds is 3. The van der Waals surface area contributed by atoms with E-state index < -0.39 is 0 Å². The zero-order chi connectivity index (χ0) is 10.4. The highest BCUT2D eigenvalue weighted by Crippen LogP contribution is 2.23. The van der Waals surface area contributed by atoms with Crippen LogP contribution in [0.25, 0.3) is 0 Å². The molecule has 0 bridgehead atoms. The van der Waals surface area contributed by atoms with Gasteiger partial charge in [0.25, 0.3) is 0 Å². The predicted octanol–water partition coefficient (Wildman–Crippen LogP) is 2.35. The van der Waals surface area contributed by atoms with Gasteiger partial charge in [0.1, 0.15) is 11.8 Å². The number of ether oxygens (including phenoxy) is 1. The molecular weight excluding hydrogens is 196 g/mol. The van der Waals surface area contributed by atoms with Gasteiger partial charge >= 0.3 is 0 Å². The Balaban J connectivity index is 2.85. The quantitative estimate of drug-likeness (QED) is 0.771. The third-order valence-electron chi connectivity index (χ3n) is 1.54. The Hall–Kier alpha value is -1.60. The third kappa shape index (κ3) is 2.71. The second kappa shape index (κ2) is 5.20. The number of hydrogen-bond donors (Lipinski definition) is 1. The zero-order valence-corrected chi connectivity index (χ0v) is 8.60. The number of anilines is 1. The second-order valence-electron chi connectivity index (χ2n) is 2.50. The smallest absolute Gasteiger partial charge is 0.182 e. The Morgan fingerprint density at radius 1 is 1.57 bits per heavy atom. The predicted molar refractivity (Wildman–Crippen MR) is 59.4 cm³/mol. The molecule has 3 nitrogen and oxygen atoms in total. The van der Waals surface area contributed by atoms with Crippen molar-refractivity contribution < 1.29 is 4.74 Å². The van der Waals surface area contributed by atoms with Gasteiger partial charge in [-0.25, -0.2) is 0 Å². The first-order chi connectivity index (χ1) is 6.77. The van der Waals surface area contributed by atoms with E-state index in [9.17, 15) is 0 Å². The van der Waals surface area contributed by atoms with E-state index in [2.05, 4.69) is 5.32 Å². The summed E-state index contributed by atoms with van der Waals surface area (Å²) in [6.07, 6.45) is 0. The molecule has 0 spiro atoms. The lowest BCUT2D eigenvalue weighted by atomic mass is 10.3. The molecule has 4 heteroatoms. The summed E-state index contributed by atoms with van der Waals surface area (Å²) in [6.45, 7) is 2.48. The highest BCUT2D eigenvalue weighted by atomic mass is 32.1. The fraction of sp³-hybridized carbons (Fsp3) is 0.200. The number of nitrogens with zero attached hydrogens (tertiary/aromatic N) is 1. The van der Waals surface area contributed by atoms with Gasteiger partial charge < -0.3 is 10.1 Å². The molecule has 0 fully saturated rings. The van der Waals surface area contributed by atoms with Crippen LogP contribution in [-0.2, 0) is 0 Å². The maximum Gasteiger partial charge on any atom is 0.182 e. The van der Waals surface area contributed by atoms with Crippen molar-refractivity contribution in [2.24, 2.45) is 0 Å². The van der Waals surface area contributed by atoms with Gasteiger partial charge in [0.05, 0.1) is 12.3 Å². The Bertz CT molecular complexity index is 371. The van der Waals surface area contributed by atoms with Crippen LogP contribution in [0.3, 0.4) is 0 Å². The molecule has 0 saturated heterocycles. The van der Waals surface area contributed by atoms with Crippen molar-refractivity contribution in [2.75, 3.05) is 11.9 Å². The van der Waals surface area contributed by atoms with Crippen molar-refractivity contribution in [3.63, 3.8) is 0 Å². The highest BCUT2D eigenvalue weighted by molar-refractivity contribution is 7.81. The molecule has 0 aromatic heterocycles. The average molecular weight is 206 g/mol. The fourth-order valence-electron chi connectivity index (χ4n) is 1.00. The topological polar surface area (TPSA) is 45.0 Å². The number of hydrogen-bond acceptors (Lipinski definition) is 3. The standard InChI is InChI=1S/C10H10N2OS/c1-2-13-9-6-4-3-5-8(9)12-10(14)7-11/h3-6H,2H2,1H3,(H,12,14). The molecule has 0 saturated carbocycles. The summed E-state index contributed by atoms with van der Waals surface area (Å²) in [6, 6.07) is 9.21. The lowest BCUT2D eigenvalue weighted by Gasteiger charge is -2.09. The largest absolute Gasteiger partial charge is 0.492 e. The van der Waals surface area contributed by atoms with Crippen LogP contribution in [0.4, 0.5) is 5.69 Å². The van der Waals surface area contributed by atoms with Crippen LogP contribution in [0.1, 0.15) is 6.92 Å². The van der Waals surface area contributed by atoms with Gasteiger partial charge in [0.2, 0.25) is 0 Å². The first-order valence-corrected chi connectivity index (χ1v) is 4.61. The van der Waals surface area contributed by atoms with E-state index in [1.165, 1.54) is 0 Å². The molecule has 0 amide bonds. The van der Waals surface area contributed by atoms with E-state index in [1.54, 1.807) is 0 Å². The van der Waals surface area contributed by atoms with Crippen LogP contribution in [-0.4, -0.2) is 11.6 Å². The van der Waals surface area contributed by atoms with Gasteiger partial charge in [-0.15, -0.1) is 0 Å². The molecule has 1 aromatic carbocycles. The monoisotopic (exact) mass is 206 g/mol. The number of para-hydroxylation sites is 2. The van der Waals surface area contributed by atoms with Gasteiger partial charge in [-0.1, -0.05) is 12.1 Å². The van der Waals surface area contributed by atoms with Gasteiger partial charge in [0, 0.05) is 0 Å².